The van der Waals surface area contributed by atoms with Crippen molar-refractivity contribution in [3.63, 3.8) is 0 Å². The molecule has 3 aromatic carbocycles. The van der Waals surface area contributed by atoms with Gasteiger partial charge in [0.25, 0.3) is 0 Å². The number of rotatable bonds is 6. The summed E-state index contributed by atoms with van der Waals surface area (Å²) in [6.45, 7) is 8.67. The summed E-state index contributed by atoms with van der Waals surface area (Å²) in [6.07, 6.45) is 4.08. The summed E-state index contributed by atoms with van der Waals surface area (Å²) < 4.78 is 0. The molecular weight excluding hydrogens is 523 g/mol. The predicted molar refractivity (Wildman–Crippen MR) is 167 cm³/mol. The van der Waals surface area contributed by atoms with Crippen LogP contribution in [-0.4, -0.2) is 54.9 Å². The van der Waals surface area contributed by atoms with Crippen LogP contribution in [0.4, 0.5) is 5.69 Å². The van der Waals surface area contributed by atoms with Crippen molar-refractivity contribution in [3.05, 3.63) is 106 Å². The van der Waals surface area contributed by atoms with Gasteiger partial charge < -0.3 is 4.90 Å². The number of hydrogen-bond acceptors (Lipinski definition) is 4. The number of pyridine rings is 1. The van der Waals surface area contributed by atoms with E-state index in [0.717, 1.165) is 86.1 Å². The molecule has 2 aliphatic heterocycles. The average Bonchev–Trinajstić information content (AvgIpc) is 3.48. The van der Waals surface area contributed by atoms with Crippen LogP contribution in [-0.2, 0) is 12.8 Å². The first-order chi connectivity index (χ1) is 19.0. The van der Waals surface area contributed by atoms with E-state index in [0.29, 0.717) is 0 Å². The van der Waals surface area contributed by atoms with Crippen molar-refractivity contribution >= 4 is 45.5 Å². The molecule has 202 valence electrons. The van der Waals surface area contributed by atoms with E-state index in [1.54, 1.807) is 0 Å². The lowest BCUT2D eigenvalue weighted by atomic mass is 10.1. The third-order valence-corrected chi connectivity index (χ3v) is 8.19. The minimum atomic E-state index is 0.743. The summed E-state index contributed by atoms with van der Waals surface area (Å²) in [7, 11) is 0. The van der Waals surface area contributed by atoms with Crippen LogP contribution in [0.5, 0.6) is 0 Å². The third kappa shape index (κ3) is 7.60. The van der Waals surface area contributed by atoms with Crippen LogP contribution in [0.3, 0.4) is 0 Å². The van der Waals surface area contributed by atoms with Gasteiger partial charge in [0, 0.05) is 84.6 Å². The number of aromatic nitrogens is 1. The first-order valence-corrected chi connectivity index (χ1v) is 14.6. The Bertz CT molecular complexity index is 1410. The number of anilines is 1. The van der Waals surface area contributed by atoms with Crippen LogP contribution < -0.4 is 4.90 Å². The van der Waals surface area contributed by atoms with Crippen molar-refractivity contribution in [2.45, 2.75) is 32.6 Å². The van der Waals surface area contributed by atoms with Gasteiger partial charge in [-0.1, -0.05) is 65.7 Å². The minimum Gasteiger partial charge on any atom is -0.369 e. The highest BCUT2D eigenvalue weighted by molar-refractivity contribution is 6.36. The number of hydrogen-bond donors (Lipinski definition) is 0. The summed E-state index contributed by atoms with van der Waals surface area (Å²) >= 11 is 12.1. The van der Waals surface area contributed by atoms with E-state index in [1.165, 1.54) is 28.0 Å². The van der Waals surface area contributed by atoms with E-state index in [2.05, 4.69) is 82.4 Å². The standard InChI is InChI=1S/C22H25N3.C11H11Cl2N/c1-18-5-4-7-21(17-18)25-15-13-24(14-16-25)12-11-20-10-9-19-6-2-3-8-22(19)23-20;12-10-4-1-5-11(13)9(10)7-8-3-2-6-14-8/h2-10,17H,11-16H2,1H3;1,4-5H,2-3,6-7H2. The second-order valence-electron chi connectivity index (χ2n) is 10.3. The molecule has 0 spiro atoms. The van der Waals surface area contributed by atoms with Gasteiger partial charge in [-0.05, 0) is 67.3 Å². The highest BCUT2D eigenvalue weighted by atomic mass is 35.5. The van der Waals surface area contributed by atoms with Crippen molar-refractivity contribution in [2.24, 2.45) is 4.99 Å². The van der Waals surface area contributed by atoms with Crippen molar-refractivity contribution in [1.82, 2.24) is 9.88 Å². The summed E-state index contributed by atoms with van der Waals surface area (Å²) in [4.78, 5) is 14.3. The molecule has 0 N–H and O–H groups in total. The topological polar surface area (TPSA) is 31.7 Å². The van der Waals surface area contributed by atoms with Gasteiger partial charge in [0.1, 0.15) is 0 Å². The number of benzene rings is 3. The maximum atomic E-state index is 6.07. The molecule has 4 aromatic rings. The molecule has 39 heavy (non-hydrogen) atoms. The van der Waals surface area contributed by atoms with Crippen molar-refractivity contribution in [2.75, 3.05) is 44.2 Å². The van der Waals surface area contributed by atoms with Crippen LogP contribution in [0.15, 0.2) is 83.9 Å². The maximum Gasteiger partial charge on any atom is 0.0705 e. The molecule has 1 fully saturated rings. The molecule has 0 bridgehead atoms. The second kappa shape index (κ2) is 13.4. The van der Waals surface area contributed by atoms with Crippen LogP contribution in [0.2, 0.25) is 10.0 Å². The molecular formula is C33H36Cl2N4. The highest BCUT2D eigenvalue weighted by Gasteiger charge is 2.17. The fourth-order valence-electron chi connectivity index (χ4n) is 5.22. The number of piperazine rings is 1. The number of aliphatic imine (C=N–C) groups is 1. The van der Waals surface area contributed by atoms with Crippen molar-refractivity contribution in [3.8, 4) is 0 Å². The van der Waals surface area contributed by atoms with Gasteiger partial charge in [-0.25, -0.2) is 0 Å². The van der Waals surface area contributed by atoms with Crippen LogP contribution in [0.25, 0.3) is 10.9 Å². The Hall–Kier alpha value is -2.92. The number of nitrogens with zero attached hydrogens (tertiary/aromatic N) is 4. The van der Waals surface area contributed by atoms with Gasteiger partial charge in [-0.2, -0.15) is 0 Å². The molecule has 0 aliphatic carbocycles. The zero-order valence-corrected chi connectivity index (χ0v) is 24.1. The molecule has 0 saturated carbocycles. The normalized spacial score (nSPS) is 15.7. The molecule has 4 nitrogen and oxygen atoms in total. The number of aryl methyl sites for hydroxylation is 1. The van der Waals surface area contributed by atoms with Gasteiger partial charge in [0.05, 0.1) is 5.52 Å². The van der Waals surface area contributed by atoms with Crippen molar-refractivity contribution < 1.29 is 0 Å². The molecule has 0 unspecified atom stereocenters. The molecule has 0 radical (unpaired) electrons. The predicted octanol–water partition coefficient (Wildman–Crippen LogP) is 7.68. The zero-order valence-electron chi connectivity index (χ0n) is 22.6. The lowest BCUT2D eigenvalue weighted by molar-refractivity contribution is 0.260. The van der Waals surface area contributed by atoms with Crippen LogP contribution >= 0.6 is 23.2 Å². The van der Waals surface area contributed by atoms with Gasteiger partial charge in [-0.15, -0.1) is 0 Å². The molecule has 1 saturated heterocycles. The molecule has 0 amide bonds. The summed E-state index contributed by atoms with van der Waals surface area (Å²) in [5, 5.41) is 2.71. The fourth-order valence-corrected chi connectivity index (χ4v) is 5.75. The third-order valence-electron chi connectivity index (χ3n) is 7.48. The molecule has 2 aliphatic rings. The Balaban J connectivity index is 0.000000186. The van der Waals surface area contributed by atoms with E-state index >= 15 is 0 Å². The molecule has 1 aromatic heterocycles. The first kappa shape index (κ1) is 27.6. The van der Waals surface area contributed by atoms with E-state index in [4.69, 9.17) is 28.2 Å². The largest absolute Gasteiger partial charge is 0.369 e. The minimum absolute atomic E-state index is 0.743. The number of fused-ring (bicyclic) bond motifs is 1. The Morgan fingerprint density at radius 2 is 1.59 bits per heavy atom. The lowest BCUT2D eigenvalue weighted by Crippen LogP contribution is -2.47. The SMILES string of the molecule is Cc1cccc(N2CCN(CCc3ccc4ccccc4n3)CC2)c1.Clc1cccc(Cl)c1CC1=NCCC1. The zero-order chi connectivity index (χ0) is 27.0. The molecule has 6 rings (SSSR count). The summed E-state index contributed by atoms with van der Waals surface area (Å²) in [5.74, 6) is 0. The molecule has 6 heteroatoms. The second-order valence-corrected chi connectivity index (χ2v) is 11.2. The first-order valence-electron chi connectivity index (χ1n) is 13.9. The van der Waals surface area contributed by atoms with Gasteiger partial charge in [0.15, 0.2) is 0 Å². The smallest absolute Gasteiger partial charge is 0.0705 e. The quantitative estimate of drug-likeness (QED) is 0.243. The summed E-state index contributed by atoms with van der Waals surface area (Å²) in [6, 6.07) is 27.1. The molecule has 0 atom stereocenters. The summed E-state index contributed by atoms with van der Waals surface area (Å²) in [5.41, 5.74) is 7.22. The lowest BCUT2D eigenvalue weighted by Gasteiger charge is -2.36. The number of halogens is 2. The Labute approximate surface area is 242 Å². The van der Waals surface area contributed by atoms with E-state index in [9.17, 15) is 0 Å². The van der Waals surface area contributed by atoms with Gasteiger partial charge in [-0.3, -0.25) is 14.9 Å². The van der Waals surface area contributed by atoms with Crippen molar-refractivity contribution in [1.29, 1.82) is 0 Å². The van der Waals surface area contributed by atoms with Gasteiger partial charge >= 0.3 is 0 Å². The van der Waals surface area contributed by atoms with Crippen LogP contribution in [0, 0.1) is 6.92 Å². The molecule has 3 heterocycles. The van der Waals surface area contributed by atoms with Gasteiger partial charge in [0.2, 0.25) is 0 Å². The Kier molecular flexibility index (Phi) is 9.52. The Morgan fingerprint density at radius 1 is 0.821 bits per heavy atom. The van der Waals surface area contributed by atoms with Crippen LogP contribution in [0.1, 0.15) is 29.7 Å². The monoisotopic (exact) mass is 558 g/mol. The van der Waals surface area contributed by atoms with E-state index in [1.807, 2.05) is 18.2 Å². The highest BCUT2D eigenvalue weighted by Crippen LogP contribution is 2.26. The van der Waals surface area contributed by atoms with E-state index < -0.39 is 0 Å². The van der Waals surface area contributed by atoms with E-state index in [-0.39, 0.29) is 0 Å². The average molecular weight is 560 g/mol. The number of para-hydroxylation sites is 1. The Morgan fingerprint density at radius 3 is 2.33 bits per heavy atom. The maximum absolute atomic E-state index is 6.07. The fraction of sp³-hybridized carbons (Fsp3) is 0.333.